The number of likely N-dealkylation sites (tertiary alicyclic amines) is 1. The number of aliphatic hydroxyl groups excluding tert-OH is 1. The van der Waals surface area contributed by atoms with Gasteiger partial charge in [0.1, 0.15) is 23.0 Å². The van der Waals surface area contributed by atoms with Gasteiger partial charge in [-0.15, -0.1) is 0 Å². The molecule has 0 radical (unpaired) electrons. The first-order valence-corrected chi connectivity index (χ1v) is 13.7. The van der Waals surface area contributed by atoms with Crippen LogP contribution in [0.2, 0.25) is 0 Å². The number of para-hydroxylation sites is 1. The van der Waals surface area contributed by atoms with E-state index in [2.05, 4.69) is 4.90 Å². The van der Waals surface area contributed by atoms with E-state index in [1.165, 1.54) is 0 Å². The van der Waals surface area contributed by atoms with Crippen LogP contribution in [0.15, 0.2) is 84.4 Å². The molecule has 0 aliphatic carbocycles. The summed E-state index contributed by atoms with van der Waals surface area (Å²) in [5.74, 6) is 0.262. The van der Waals surface area contributed by atoms with E-state index in [4.69, 9.17) is 14.2 Å². The van der Waals surface area contributed by atoms with Gasteiger partial charge in [0.15, 0.2) is 0 Å². The van der Waals surface area contributed by atoms with Crippen LogP contribution < -0.4 is 9.47 Å². The van der Waals surface area contributed by atoms with Crippen LogP contribution in [0.1, 0.15) is 30.5 Å². The number of carbonyl (C=O) groups is 2. The van der Waals surface area contributed by atoms with Crippen LogP contribution in [0.4, 0.5) is 0 Å². The monoisotopic (exact) mass is 542 g/mol. The molecule has 1 atom stereocenters. The van der Waals surface area contributed by atoms with E-state index in [-0.39, 0.29) is 11.3 Å². The molecular formula is C32H34N2O6. The summed E-state index contributed by atoms with van der Waals surface area (Å²) < 4.78 is 17.1. The normalized spacial score (nSPS) is 19.1. The Morgan fingerprint density at radius 2 is 1.62 bits per heavy atom. The fourth-order valence-corrected chi connectivity index (χ4v) is 5.17. The summed E-state index contributed by atoms with van der Waals surface area (Å²) in [5.41, 5.74) is 1.15. The molecule has 1 unspecified atom stereocenters. The maximum Gasteiger partial charge on any atom is 0.295 e. The predicted molar refractivity (Wildman–Crippen MR) is 151 cm³/mol. The molecule has 1 N–H and O–H groups in total. The Morgan fingerprint density at radius 1 is 0.900 bits per heavy atom. The van der Waals surface area contributed by atoms with E-state index in [1.54, 1.807) is 29.2 Å². The smallest absolute Gasteiger partial charge is 0.295 e. The number of hydrogen-bond acceptors (Lipinski definition) is 7. The molecule has 2 aliphatic rings. The van der Waals surface area contributed by atoms with Crippen LogP contribution in [-0.4, -0.2) is 72.6 Å². The minimum absolute atomic E-state index is 0.0573. The zero-order chi connectivity index (χ0) is 27.9. The highest BCUT2D eigenvalue weighted by atomic mass is 16.5. The average molecular weight is 543 g/mol. The van der Waals surface area contributed by atoms with Gasteiger partial charge in [-0.05, 0) is 55.3 Å². The van der Waals surface area contributed by atoms with Gasteiger partial charge in [-0.1, -0.05) is 42.5 Å². The Kier molecular flexibility index (Phi) is 8.78. The van der Waals surface area contributed by atoms with Crippen molar-refractivity contribution in [3.63, 3.8) is 0 Å². The number of ketones is 1. The fourth-order valence-electron chi connectivity index (χ4n) is 5.17. The Morgan fingerprint density at radius 3 is 2.40 bits per heavy atom. The van der Waals surface area contributed by atoms with E-state index < -0.39 is 17.7 Å². The second-order valence-electron chi connectivity index (χ2n) is 9.75. The molecule has 0 saturated carbocycles. The van der Waals surface area contributed by atoms with Crippen LogP contribution in [-0.2, 0) is 14.3 Å². The molecule has 208 valence electrons. The molecule has 8 nitrogen and oxygen atoms in total. The fraction of sp³-hybridized carbons (Fsp3) is 0.312. The molecular weight excluding hydrogens is 508 g/mol. The molecule has 5 rings (SSSR count). The minimum Gasteiger partial charge on any atom is -0.507 e. The van der Waals surface area contributed by atoms with Crippen molar-refractivity contribution < 1.29 is 28.9 Å². The zero-order valence-electron chi connectivity index (χ0n) is 22.6. The molecule has 0 spiro atoms. The second kappa shape index (κ2) is 12.8. The van der Waals surface area contributed by atoms with Gasteiger partial charge in [-0.3, -0.25) is 14.5 Å². The van der Waals surface area contributed by atoms with Gasteiger partial charge < -0.3 is 24.2 Å². The highest BCUT2D eigenvalue weighted by Gasteiger charge is 2.46. The van der Waals surface area contributed by atoms with Gasteiger partial charge >= 0.3 is 0 Å². The summed E-state index contributed by atoms with van der Waals surface area (Å²) in [6.07, 6.45) is 0.684. The summed E-state index contributed by atoms with van der Waals surface area (Å²) in [5, 5.41) is 11.5. The van der Waals surface area contributed by atoms with Crippen molar-refractivity contribution in [2.75, 3.05) is 46.0 Å². The second-order valence-corrected chi connectivity index (χ2v) is 9.75. The lowest BCUT2D eigenvalue weighted by Gasteiger charge is -2.29. The third kappa shape index (κ3) is 6.19. The number of aliphatic hydroxyl groups is 1. The van der Waals surface area contributed by atoms with Crippen LogP contribution in [0.5, 0.6) is 17.2 Å². The topological polar surface area (TPSA) is 88.5 Å². The van der Waals surface area contributed by atoms with Gasteiger partial charge in [0, 0.05) is 31.7 Å². The first-order valence-electron chi connectivity index (χ1n) is 13.7. The summed E-state index contributed by atoms with van der Waals surface area (Å²) in [6, 6.07) is 22.9. The minimum atomic E-state index is -0.764. The Balaban J connectivity index is 1.50. The van der Waals surface area contributed by atoms with Crippen molar-refractivity contribution in [2.24, 2.45) is 0 Å². The third-order valence-electron chi connectivity index (χ3n) is 7.09. The Bertz CT molecular complexity index is 1370. The first kappa shape index (κ1) is 27.4. The van der Waals surface area contributed by atoms with E-state index >= 15 is 0 Å². The van der Waals surface area contributed by atoms with E-state index in [9.17, 15) is 14.7 Å². The van der Waals surface area contributed by atoms with E-state index in [1.807, 2.05) is 61.5 Å². The molecule has 2 aliphatic heterocycles. The Hall–Kier alpha value is -4.14. The third-order valence-corrected chi connectivity index (χ3v) is 7.09. The maximum absolute atomic E-state index is 13.5. The largest absolute Gasteiger partial charge is 0.507 e. The lowest BCUT2D eigenvalue weighted by atomic mass is 9.95. The molecule has 0 bridgehead atoms. The number of hydrogen-bond donors (Lipinski definition) is 1. The summed E-state index contributed by atoms with van der Waals surface area (Å²) in [7, 11) is 0. The first-order chi connectivity index (χ1) is 19.5. The van der Waals surface area contributed by atoms with Crippen LogP contribution in [0.3, 0.4) is 0 Å². The van der Waals surface area contributed by atoms with Crippen LogP contribution >= 0.6 is 0 Å². The van der Waals surface area contributed by atoms with Crippen molar-refractivity contribution in [3.05, 3.63) is 95.6 Å². The predicted octanol–water partition coefficient (Wildman–Crippen LogP) is 5.02. The number of morpholine rings is 1. The number of ether oxygens (including phenoxy) is 3. The molecule has 3 aromatic carbocycles. The zero-order valence-corrected chi connectivity index (χ0v) is 22.6. The molecule has 3 aromatic rings. The van der Waals surface area contributed by atoms with E-state index in [0.717, 1.165) is 19.6 Å². The van der Waals surface area contributed by atoms with Crippen LogP contribution in [0.25, 0.3) is 5.76 Å². The van der Waals surface area contributed by atoms with Gasteiger partial charge in [0.2, 0.25) is 0 Å². The van der Waals surface area contributed by atoms with Gasteiger partial charge in [0.25, 0.3) is 11.7 Å². The van der Waals surface area contributed by atoms with Crippen molar-refractivity contribution in [3.8, 4) is 17.2 Å². The molecule has 0 aromatic heterocycles. The maximum atomic E-state index is 13.5. The summed E-state index contributed by atoms with van der Waals surface area (Å²) in [6.45, 7) is 6.57. The van der Waals surface area contributed by atoms with Gasteiger partial charge in [0.05, 0.1) is 31.4 Å². The lowest BCUT2D eigenvalue weighted by molar-refractivity contribution is -0.140. The van der Waals surface area contributed by atoms with Crippen LogP contribution in [0, 0.1) is 0 Å². The lowest BCUT2D eigenvalue weighted by Crippen LogP contribution is -2.38. The van der Waals surface area contributed by atoms with Gasteiger partial charge in [-0.2, -0.15) is 0 Å². The number of carbonyl (C=O) groups excluding carboxylic acids is 2. The Labute approximate surface area is 234 Å². The number of Topliss-reactive ketones (excluding diaryl/α,β-unsaturated/α-hetero) is 1. The average Bonchev–Trinajstić information content (AvgIpc) is 3.23. The number of nitrogens with zero attached hydrogens (tertiary/aromatic N) is 2. The molecule has 1 amide bonds. The molecule has 2 heterocycles. The number of benzene rings is 3. The highest BCUT2D eigenvalue weighted by molar-refractivity contribution is 6.46. The quantitative estimate of drug-likeness (QED) is 0.219. The summed E-state index contributed by atoms with van der Waals surface area (Å²) in [4.78, 5) is 30.7. The van der Waals surface area contributed by atoms with Crippen molar-refractivity contribution >= 4 is 17.4 Å². The summed E-state index contributed by atoms with van der Waals surface area (Å²) >= 11 is 0. The van der Waals surface area contributed by atoms with E-state index in [0.29, 0.717) is 61.2 Å². The van der Waals surface area contributed by atoms with Gasteiger partial charge in [-0.25, -0.2) is 0 Å². The standard InChI is InChI=1S/C32H34N2O6/c1-2-39-26-13-7-10-24(22-26)30(35)28-29(23-9-6-14-27(21-23)40-25-11-4-3-5-12-25)34(32(37)31(28)36)16-8-15-33-17-19-38-20-18-33/h3-7,9-14,21-22,29,35H,2,8,15-20H2,1H3. The number of amides is 1. The molecule has 8 heteroatoms. The SMILES string of the molecule is CCOc1cccc(C(O)=C2C(=O)C(=O)N(CCCN3CCOCC3)C2c2cccc(Oc3ccccc3)c2)c1. The molecule has 2 saturated heterocycles. The number of rotatable bonds is 10. The highest BCUT2D eigenvalue weighted by Crippen LogP contribution is 2.41. The van der Waals surface area contributed by atoms with Crippen molar-refractivity contribution in [1.82, 2.24) is 9.80 Å². The van der Waals surface area contributed by atoms with Crippen molar-refractivity contribution in [1.29, 1.82) is 0 Å². The molecule has 2 fully saturated rings. The van der Waals surface area contributed by atoms with Crippen molar-refractivity contribution in [2.45, 2.75) is 19.4 Å². The molecule has 40 heavy (non-hydrogen) atoms.